The molecule has 0 unspecified atom stereocenters. The van der Waals surface area contributed by atoms with E-state index in [0.717, 1.165) is 41.9 Å². The molecule has 30 heavy (non-hydrogen) atoms. The van der Waals surface area contributed by atoms with Gasteiger partial charge in [-0.3, -0.25) is 14.7 Å². The Kier molecular flexibility index (Phi) is 5.03. The second-order valence-corrected chi connectivity index (χ2v) is 8.44. The van der Waals surface area contributed by atoms with Crippen molar-refractivity contribution >= 4 is 33.1 Å². The van der Waals surface area contributed by atoms with Crippen LogP contribution in [0.5, 0.6) is 0 Å². The van der Waals surface area contributed by atoms with Crippen molar-refractivity contribution in [1.29, 1.82) is 0 Å². The molecular formula is C20H22N8OS. The molecule has 0 spiro atoms. The molecule has 4 aromatic heterocycles. The Hall–Kier alpha value is -3.08. The van der Waals surface area contributed by atoms with E-state index >= 15 is 0 Å². The van der Waals surface area contributed by atoms with Crippen LogP contribution < -0.4 is 16.6 Å². The molecule has 9 nitrogen and oxygen atoms in total. The first-order chi connectivity index (χ1) is 14.7. The quantitative estimate of drug-likeness (QED) is 0.372. The van der Waals surface area contributed by atoms with E-state index in [1.165, 1.54) is 9.71 Å². The third-order valence-electron chi connectivity index (χ3n) is 5.21. The van der Waals surface area contributed by atoms with E-state index in [0.29, 0.717) is 29.9 Å². The standard InChI is InChI=1S/C20H22N8OS/c21-19-20(27(22)12-16-7-13-8-23-4-1-18(13)30-16)26-17(10-24-19)14-9-25-28(11-14)15-2-5-29-6-3-15/h1,4,7-11,15H,2-3,5-6,12,22H2,(H2,21,24). The summed E-state index contributed by atoms with van der Waals surface area (Å²) in [5.41, 5.74) is 7.66. The summed E-state index contributed by atoms with van der Waals surface area (Å²) in [6, 6.07) is 4.43. The highest BCUT2D eigenvalue weighted by Gasteiger charge is 2.18. The summed E-state index contributed by atoms with van der Waals surface area (Å²) in [5.74, 6) is 7.06. The van der Waals surface area contributed by atoms with Crippen molar-refractivity contribution in [3.8, 4) is 11.3 Å². The van der Waals surface area contributed by atoms with Crippen LogP contribution in [-0.4, -0.2) is 37.9 Å². The molecular weight excluding hydrogens is 400 g/mol. The summed E-state index contributed by atoms with van der Waals surface area (Å²) in [7, 11) is 0. The lowest BCUT2D eigenvalue weighted by Crippen LogP contribution is -2.31. The molecule has 1 aliphatic rings. The van der Waals surface area contributed by atoms with Gasteiger partial charge in [-0.1, -0.05) is 0 Å². The number of thiophene rings is 1. The SMILES string of the molecule is Nc1ncc(-c2cnn(C3CCOCC3)c2)nc1N(N)Cc1cc2cnccc2s1. The van der Waals surface area contributed by atoms with Crippen molar-refractivity contribution in [2.45, 2.75) is 25.4 Å². The number of fused-ring (bicyclic) bond motifs is 1. The van der Waals surface area contributed by atoms with Crippen LogP contribution in [0.2, 0.25) is 0 Å². The third kappa shape index (κ3) is 3.72. The van der Waals surface area contributed by atoms with Gasteiger partial charge < -0.3 is 10.5 Å². The van der Waals surface area contributed by atoms with E-state index < -0.39 is 0 Å². The summed E-state index contributed by atoms with van der Waals surface area (Å²) in [4.78, 5) is 14.3. The Bertz CT molecular complexity index is 1130. The van der Waals surface area contributed by atoms with Gasteiger partial charge in [-0.15, -0.1) is 11.3 Å². The number of hydrogen-bond acceptors (Lipinski definition) is 9. The zero-order chi connectivity index (χ0) is 20.5. The molecule has 0 atom stereocenters. The van der Waals surface area contributed by atoms with Crippen LogP contribution in [0.15, 0.2) is 43.1 Å². The van der Waals surface area contributed by atoms with Gasteiger partial charge in [0.25, 0.3) is 0 Å². The maximum atomic E-state index is 6.33. The molecule has 0 radical (unpaired) electrons. The van der Waals surface area contributed by atoms with Gasteiger partial charge in [0.15, 0.2) is 11.6 Å². The van der Waals surface area contributed by atoms with Gasteiger partial charge in [-0.25, -0.2) is 15.8 Å². The Labute approximate surface area is 177 Å². The van der Waals surface area contributed by atoms with Gasteiger partial charge in [0.1, 0.15) is 0 Å². The van der Waals surface area contributed by atoms with Crippen molar-refractivity contribution in [3.05, 3.63) is 48.0 Å². The fourth-order valence-electron chi connectivity index (χ4n) is 3.62. The first kappa shape index (κ1) is 18.9. The second-order valence-electron chi connectivity index (χ2n) is 7.27. The van der Waals surface area contributed by atoms with Crippen molar-refractivity contribution in [2.75, 3.05) is 24.0 Å². The predicted octanol–water partition coefficient (Wildman–Crippen LogP) is 2.76. The monoisotopic (exact) mass is 422 g/mol. The molecule has 4 aromatic rings. The number of pyridine rings is 1. The van der Waals surface area contributed by atoms with Crippen LogP contribution in [0.1, 0.15) is 23.8 Å². The lowest BCUT2D eigenvalue weighted by molar-refractivity contribution is 0.0662. The number of hydrogen-bond donors (Lipinski definition) is 2. The van der Waals surface area contributed by atoms with Gasteiger partial charge in [0, 0.05) is 52.3 Å². The zero-order valence-corrected chi connectivity index (χ0v) is 17.1. The lowest BCUT2D eigenvalue weighted by atomic mass is 10.1. The molecule has 1 aliphatic heterocycles. The molecule has 154 valence electrons. The minimum absolute atomic E-state index is 0.292. The van der Waals surface area contributed by atoms with Crippen LogP contribution in [0.4, 0.5) is 11.6 Å². The summed E-state index contributed by atoms with van der Waals surface area (Å²) >= 11 is 1.67. The maximum Gasteiger partial charge on any atom is 0.186 e. The topological polar surface area (TPSA) is 121 Å². The fourth-order valence-corrected chi connectivity index (χ4v) is 4.65. The largest absolute Gasteiger partial charge is 0.381 e. The molecule has 1 saturated heterocycles. The van der Waals surface area contributed by atoms with Crippen LogP contribution in [0.3, 0.4) is 0 Å². The summed E-state index contributed by atoms with van der Waals surface area (Å²) < 4.78 is 8.59. The highest BCUT2D eigenvalue weighted by molar-refractivity contribution is 7.19. The molecule has 0 aromatic carbocycles. The van der Waals surface area contributed by atoms with Gasteiger partial charge in [0.05, 0.1) is 30.7 Å². The normalized spacial score (nSPS) is 15.0. The molecule has 1 fully saturated rings. The molecule has 5 heterocycles. The van der Waals surface area contributed by atoms with Crippen LogP contribution in [0.25, 0.3) is 21.3 Å². The minimum Gasteiger partial charge on any atom is -0.381 e. The van der Waals surface area contributed by atoms with Gasteiger partial charge in [-0.2, -0.15) is 5.10 Å². The van der Waals surface area contributed by atoms with Crippen LogP contribution >= 0.6 is 11.3 Å². The summed E-state index contributed by atoms with van der Waals surface area (Å²) in [6.45, 7) is 2.01. The number of nitrogens with two attached hydrogens (primary N) is 2. The lowest BCUT2D eigenvalue weighted by Gasteiger charge is -2.22. The number of hydrazine groups is 1. The molecule has 0 bridgehead atoms. The number of nitrogens with zero attached hydrogens (tertiary/aromatic N) is 6. The van der Waals surface area contributed by atoms with E-state index in [1.54, 1.807) is 29.9 Å². The molecule has 4 N–H and O–H groups in total. The Morgan fingerprint density at radius 1 is 1.23 bits per heavy atom. The number of aromatic nitrogens is 5. The van der Waals surface area contributed by atoms with Gasteiger partial charge in [-0.05, 0) is 25.0 Å². The second kappa shape index (κ2) is 7.98. The molecule has 5 rings (SSSR count). The average molecular weight is 423 g/mol. The van der Waals surface area contributed by atoms with E-state index in [9.17, 15) is 0 Å². The van der Waals surface area contributed by atoms with E-state index in [2.05, 4.69) is 26.1 Å². The Morgan fingerprint density at radius 3 is 2.93 bits per heavy atom. The van der Waals surface area contributed by atoms with Crippen LogP contribution in [0, 0.1) is 0 Å². The van der Waals surface area contributed by atoms with Crippen molar-refractivity contribution in [1.82, 2.24) is 24.7 Å². The van der Waals surface area contributed by atoms with E-state index in [-0.39, 0.29) is 0 Å². The fraction of sp³-hybridized carbons (Fsp3) is 0.300. The average Bonchev–Trinajstić information content (AvgIpc) is 3.41. The van der Waals surface area contributed by atoms with Crippen LogP contribution in [-0.2, 0) is 11.3 Å². The highest BCUT2D eigenvalue weighted by atomic mass is 32.1. The van der Waals surface area contributed by atoms with Gasteiger partial charge in [0.2, 0.25) is 0 Å². The number of rotatable bonds is 5. The third-order valence-corrected chi connectivity index (χ3v) is 6.31. The molecule has 0 saturated carbocycles. The number of ether oxygens (including phenoxy) is 1. The van der Waals surface area contributed by atoms with Crippen molar-refractivity contribution in [2.24, 2.45) is 5.84 Å². The zero-order valence-electron chi connectivity index (χ0n) is 16.3. The van der Waals surface area contributed by atoms with E-state index in [4.69, 9.17) is 16.3 Å². The number of nitrogen functional groups attached to an aromatic ring is 1. The molecule has 10 heteroatoms. The molecule has 0 amide bonds. The summed E-state index contributed by atoms with van der Waals surface area (Å²) in [6.07, 6.45) is 11.0. The first-order valence-corrected chi connectivity index (χ1v) is 10.6. The highest BCUT2D eigenvalue weighted by Crippen LogP contribution is 2.29. The van der Waals surface area contributed by atoms with E-state index in [1.807, 2.05) is 23.1 Å². The Morgan fingerprint density at radius 2 is 2.10 bits per heavy atom. The predicted molar refractivity (Wildman–Crippen MR) is 117 cm³/mol. The maximum absolute atomic E-state index is 6.33. The number of anilines is 2. The smallest absolute Gasteiger partial charge is 0.186 e. The van der Waals surface area contributed by atoms with Gasteiger partial charge >= 0.3 is 0 Å². The first-order valence-electron chi connectivity index (χ1n) is 9.77. The summed E-state index contributed by atoms with van der Waals surface area (Å²) in [5, 5.41) is 7.15. The Balaban J connectivity index is 1.38. The van der Waals surface area contributed by atoms with Crippen molar-refractivity contribution < 1.29 is 4.74 Å². The minimum atomic E-state index is 0.292. The van der Waals surface area contributed by atoms with Crippen molar-refractivity contribution in [3.63, 3.8) is 0 Å². The molecule has 0 aliphatic carbocycles.